The molecule has 1 aliphatic rings. The number of carbonyl (C=O) groups is 2. The Hall–Kier alpha value is -2.93. The summed E-state index contributed by atoms with van der Waals surface area (Å²) in [6.45, 7) is 0.875. The monoisotopic (exact) mass is 404 g/mol. The molecule has 0 bridgehead atoms. The van der Waals surface area contributed by atoms with Crippen LogP contribution in [0.5, 0.6) is 17.2 Å². The SMILES string of the molecule is O=C(Cc1ccc(Cl)cc1)NC1CCN(C(=O)c2cc(O)c(O)c(O)c2)CC1. The lowest BCUT2D eigenvalue weighted by atomic mass is 10.0. The molecule has 148 valence electrons. The topological polar surface area (TPSA) is 110 Å². The number of phenolic OH excluding ortho intramolecular Hbond substituents is 3. The van der Waals surface area contributed by atoms with E-state index in [1.54, 1.807) is 17.0 Å². The van der Waals surface area contributed by atoms with E-state index in [4.69, 9.17) is 11.6 Å². The molecule has 8 heteroatoms. The minimum Gasteiger partial charge on any atom is -0.504 e. The number of phenols is 3. The molecule has 0 atom stereocenters. The van der Waals surface area contributed by atoms with Gasteiger partial charge in [-0.25, -0.2) is 0 Å². The number of hydrogen-bond donors (Lipinski definition) is 4. The van der Waals surface area contributed by atoms with E-state index in [1.807, 2.05) is 12.1 Å². The molecule has 0 aromatic heterocycles. The summed E-state index contributed by atoms with van der Waals surface area (Å²) in [4.78, 5) is 26.3. The Morgan fingerprint density at radius 3 is 2.18 bits per heavy atom. The van der Waals surface area contributed by atoms with Crippen LogP contribution in [0.4, 0.5) is 0 Å². The number of halogens is 1. The van der Waals surface area contributed by atoms with Crippen LogP contribution in [0, 0.1) is 0 Å². The van der Waals surface area contributed by atoms with Crippen molar-refractivity contribution in [1.82, 2.24) is 10.2 Å². The number of nitrogens with one attached hydrogen (secondary N) is 1. The zero-order chi connectivity index (χ0) is 20.3. The first-order valence-electron chi connectivity index (χ1n) is 8.91. The molecule has 2 aromatic carbocycles. The molecule has 2 aromatic rings. The lowest BCUT2D eigenvalue weighted by Crippen LogP contribution is -2.46. The van der Waals surface area contributed by atoms with Gasteiger partial charge in [0, 0.05) is 29.7 Å². The number of amides is 2. The minimum atomic E-state index is -0.654. The van der Waals surface area contributed by atoms with Crippen LogP contribution in [-0.4, -0.2) is 51.2 Å². The molecule has 0 saturated carbocycles. The summed E-state index contributed by atoms with van der Waals surface area (Å²) in [6.07, 6.45) is 1.48. The van der Waals surface area contributed by atoms with Crippen LogP contribution < -0.4 is 5.32 Å². The number of rotatable bonds is 4. The Labute approximate surface area is 167 Å². The van der Waals surface area contributed by atoms with Crippen molar-refractivity contribution in [3.05, 3.63) is 52.5 Å². The van der Waals surface area contributed by atoms with Gasteiger partial charge in [-0.05, 0) is 42.7 Å². The van der Waals surface area contributed by atoms with Gasteiger partial charge in [0.15, 0.2) is 17.2 Å². The minimum absolute atomic E-state index is 0.0227. The summed E-state index contributed by atoms with van der Waals surface area (Å²) in [5.74, 6) is -2.18. The van der Waals surface area contributed by atoms with Gasteiger partial charge in [0.1, 0.15) is 0 Å². The van der Waals surface area contributed by atoms with Crippen molar-refractivity contribution in [2.75, 3.05) is 13.1 Å². The lowest BCUT2D eigenvalue weighted by molar-refractivity contribution is -0.121. The Morgan fingerprint density at radius 1 is 1.04 bits per heavy atom. The zero-order valence-corrected chi connectivity index (χ0v) is 15.8. The maximum atomic E-state index is 12.5. The summed E-state index contributed by atoms with van der Waals surface area (Å²) in [7, 11) is 0. The Bertz CT molecular complexity index is 854. The Morgan fingerprint density at radius 2 is 1.61 bits per heavy atom. The average Bonchev–Trinajstić information content (AvgIpc) is 2.67. The fourth-order valence-electron chi connectivity index (χ4n) is 3.20. The first-order chi connectivity index (χ1) is 13.3. The average molecular weight is 405 g/mol. The molecular formula is C20H21ClN2O5. The summed E-state index contributed by atoms with van der Waals surface area (Å²) >= 11 is 5.84. The van der Waals surface area contributed by atoms with Crippen molar-refractivity contribution in [3.8, 4) is 17.2 Å². The molecule has 1 fully saturated rings. The third-order valence-corrected chi connectivity index (χ3v) is 4.99. The van der Waals surface area contributed by atoms with Crippen LogP contribution in [0.1, 0.15) is 28.8 Å². The van der Waals surface area contributed by atoms with E-state index in [2.05, 4.69) is 5.32 Å². The summed E-state index contributed by atoms with van der Waals surface area (Å²) < 4.78 is 0. The Balaban J connectivity index is 1.52. The van der Waals surface area contributed by atoms with E-state index < -0.39 is 17.2 Å². The maximum absolute atomic E-state index is 12.5. The highest BCUT2D eigenvalue weighted by molar-refractivity contribution is 6.30. The molecule has 0 spiro atoms. The van der Waals surface area contributed by atoms with Crippen molar-refractivity contribution >= 4 is 23.4 Å². The highest BCUT2D eigenvalue weighted by atomic mass is 35.5. The molecular weight excluding hydrogens is 384 g/mol. The zero-order valence-electron chi connectivity index (χ0n) is 15.1. The van der Waals surface area contributed by atoms with Crippen molar-refractivity contribution in [1.29, 1.82) is 0 Å². The molecule has 1 saturated heterocycles. The van der Waals surface area contributed by atoms with Gasteiger partial charge in [-0.3, -0.25) is 9.59 Å². The number of carbonyl (C=O) groups excluding carboxylic acids is 2. The number of benzene rings is 2. The number of likely N-dealkylation sites (tertiary alicyclic amines) is 1. The van der Waals surface area contributed by atoms with Crippen molar-refractivity contribution < 1.29 is 24.9 Å². The second-order valence-corrected chi connectivity index (χ2v) is 7.24. The van der Waals surface area contributed by atoms with E-state index in [-0.39, 0.29) is 29.8 Å². The molecule has 1 aliphatic heterocycles. The van der Waals surface area contributed by atoms with Crippen LogP contribution in [0.3, 0.4) is 0 Å². The van der Waals surface area contributed by atoms with Gasteiger partial charge >= 0.3 is 0 Å². The number of nitrogens with zero attached hydrogens (tertiary/aromatic N) is 1. The van der Waals surface area contributed by atoms with Crippen LogP contribution in [0.25, 0.3) is 0 Å². The van der Waals surface area contributed by atoms with E-state index >= 15 is 0 Å². The smallest absolute Gasteiger partial charge is 0.254 e. The van der Waals surface area contributed by atoms with Crippen LogP contribution in [-0.2, 0) is 11.2 Å². The van der Waals surface area contributed by atoms with Crippen LogP contribution in [0.15, 0.2) is 36.4 Å². The van der Waals surface area contributed by atoms with Gasteiger partial charge in [-0.1, -0.05) is 23.7 Å². The number of aromatic hydroxyl groups is 3. The third-order valence-electron chi connectivity index (χ3n) is 4.74. The molecule has 0 unspecified atom stereocenters. The van der Waals surface area contributed by atoms with E-state index in [0.29, 0.717) is 31.0 Å². The van der Waals surface area contributed by atoms with Crippen LogP contribution in [0.2, 0.25) is 5.02 Å². The molecule has 2 amide bonds. The first kappa shape index (κ1) is 19.8. The Kier molecular flexibility index (Phi) is 5.94. The quantitative estimate of drug-likeness (QED) is 0.585. The largest absolute Gasteiger partial charge is 0.504 e. The fourth-order valence-corrected chi connectivity index (χ4v) is 3.33. The summed E-state index contributed by atoms with van der Waals surface area (Å²) in [5.41, 5.74) is 0.972. The molecule has 7 nitrogen and oxygen atoms in total. The van der Waals surface area contributed by atoms with Gasteiger partial charge in [0.25, 0.3) is 5.91 Å². The highest BCUT2D eigenvalue weighted by Gasteiger charge is 2.25. The van der Waals surface area contributed by atoms with E-state index in [9.17, 15) is 24.9 Å². The van der Waals surface area contributed by atoms with Crippen LogP contribution >= 0.6 is 11.6 Å². The van der Waals surface area contributed by atoms with E-state index in [0.717, 1.165) is 17.7 Å². The molecule has 4 N–H and O–H groups in total. The summed E-state index contributed by atoms with van der Waals surface area (Å²) in [6, 6.07) is 9.33. The first-order valence-corrected chi connectivity index (χ1v) is 9.29. The van der Waals surface area contributed by atoms with Gasteiger partial charge in [-0.15, -0.1) is 0 Å². The third kappa shape index (κ3) is 4.67. The number of hydrogen-bond acceptors (Lipinski definition) is 5. The van der Waals surface area contributed by atoms with E-state index in [1.165, 1.54) is 0 Å². The fraction of sp³-hybridized carbons (Fsp3) is 0.300. The molecule has 0 radical (unpaired) electrons. The van der Waals surface area contributed by atoms with Gasteiger partial charge in [0.05, 0.1) is 6.42 Å². The predicted octanol–water partition coefficient (Wildman–Crippen LogP) is 2.42. The van der Waals surface area contributed by atoms with Crippen molar-refractivity contribution in [2.45, 2.75) is 25.3 Å². The number of piperidine rings is 1. The molecule has 1 heterocycles. The molecule has 0 aliphatic carbocycles. The maximum Gasteiger partial charge on any atom is 0.254 e. The van der Waals surface area contributed by atoms with Gasteiger partial charge in [0.2, 0.25) is 5.91 Å². The lowest BCUT2D eigenvalue weighted by Gasteiger charge is -2.32. The predicted molar refractivity (Wildman–Crippen MR) is 104 cm³/mol. The normalized spacial score (nSPS) is 14.7. The standard InChI is InChI=1S/C20H21ClN2O5/c21-14-3-1-12(2-4-14)9-18(26)22-15-5-7-23(8-6-15)20(28)13-10-16(24)19(27)17(25)11-13/h1-4,10-11,15,24-25,27H,5-9H2,(H,22,26). The van der Waals surface area contributed by atoms with Crippen molar-refractivity contribution in [3.63, 3.8) is 0 Å². The summed E-state index contributed by atoms with van der Waals surface area (Å²) in [5, 5.41) is 32.1. The molecule has 28 heavy (non-hydrogen) atoms. The second kappa shape index (κ2) is 8.39. The highest BCUT2D eigenvalue weighted by Crippen LogP contribution is 2.35. The van der Waals surface area contributed by atoms with Gasteiger partial charge < -0.3 is 25.5 Å². The molecule has 3 rings (SSSR count). The second-order valence-electron chi connectivity index (χ2n) is 6.80. The van der Waals surface area contributed by atoms with Crippen molar-refractivity contribution in [2.24, 2.45) is 0 Å². The van der Waals surface area contributed by atoms with Gasteiger partial charge in [-0.2, -0.15) is 0 Å².